The van der Waals surface area contributed by atoms with Crippen LogP contribution in [0.2, 0.25) is 5.02 Å². The van der Waals surface area contributed by atoms with Crippen LogP contribution in [0.5, 0.6) is 0 Å². The van der Waals surface area contributed by atoms with Gasteiger partial charge in [0.05, 0.1) is 10.6 Å². The minimum atomic E-state index is -0.636. The van der Waals surface area contributed by atoms with Crippen LogP contribution in [-0.2, 0) is 0 Å². The minimum absolute atomic E-state index is 0.0173. The summed E-state index contributed by atoms with van der Waals surface area (Å²) >= 11 is 5.70. The summed E-state index contributed by atoms with van der Waals surface area (Å²) in [6.45, 7) is 3.23. The van der Waals surface area contributed by atoms with Crippen LogP contribution in [0.15, 0.2) is 18.2 Å². The Morgan fingerprint density at radius 1 is 1.47 bits per heavy atom. The highest BCUT2D eigenvalue weighted by atomic mass is 35.5. The summed E-state index contributed by atoms with van der Waals surface area (Å²) < 4.78 is 13.8. The zero-order valence-corrected chi connectivity index (χ0v) is 11.7. The van der Waals surface area contributed by atoms with Gasteiger partial charge < -0.3 is 10.6 Å². The van der Waals surface area contributed by atoms with Crippen LogP contribution in [0, 0.1) is 11.7 Å². The van der Waals surface area contributed by atoms with Gasteiger partial charge in [-0.1, -0.05) is 17.7 Å². The molecule has 1 aromatic rings. The third-order valence-corrected chi connectivity index (χ3v) is 4.04. The van der Waals surface area contributed by atoms with Gasteiger partial charge in [-0.15, -0.1) is 0 Å². The average Bonchev–Trinajstić information content (AvgIpc) is 2.41. The van der Waals surface area contributed by atoms with Crippen molar-refractivity contribution in [3.63, 3.8) is 0 Å². The molecule has 0 aromatic heterocycles. The monoisotopic (exact) mass is 284 g/mol. The first-order valence-electron chi connectivity index (χ1n) is 6.49. The zero-order chi connectivity index (χ0) is 14.0. The molecule has 0 aliphatic carbocycles. The Balaban J connectivity index is 2.07. The first-order chi connectivity index (χ1) is 9.00. The van der Waals surface area contributed by atoms with Crippen molar-refractivity contribution in [3.8, 4) is 0 Å². The molecule has 0 saturated carbocycles. The molecule has 1 heterocycles. The molecule has 1 aliphatic rings. The van der Waals surface area contributed by atoms with E-state index < -0.39 is 5.82 Å². The van der Waals surface area contributed by atoms with Crippen LogP contribution in [-0.4, -0.2) is 29.9 Å². The molecule has 2 N–H and O–H groups in total. The topological polar surface area (TPSA) is 46.3 Å². The van der Waals surface area contributed by atoms with Crippen molar-refractivity contribution in [2.24, 2.45) is 11.7 Å². The highest BCUT2D eigenvalue weighted by Crippen LogP contribution is 2.23. The summed E-state index contributed by atoms with van der Waals surface area (Å²) in [5, 5.41) is -0.0173. The second-order valence-electron chi connectivity index (χ2n) is 5.09. The van der Waals surface area contributed by atoms with Crippen LogP contribution in [0.4, 0.5) is 4.39 Å². The smallest absolute Gasteiger partial charge is 0.256 e. The number of carbonyl (C=O) groups excluding carboxylic acids is 1. The quantitative estimate of drug-likeness (QED) is 0.907. The van der Waals surface area contributed by atoms with Crippen molar-refractivity contribution in [3.05, 3.63) is 34.6 Å². The van der Waals surface area contributed by atoms with Crippen molar-refractivity contribution in [2.75, 3.05) is 13.1 Å². The summed E-state index contributed by atoms with van der Waals surface area (Å²) in [6, 6.07) is 4.64. The lowest BCUT2D eigenvalue weighted by Crippen LogP contribution is -2.42. The Kier molecular flexibility index (Phi) is 4.42. The number of hydrogen-bond donors (Lipinski definition) is 1. The first-order valence-corrected chi connectivity index (χ1v) is 6.87. The zero-order valence-electron chi connectivity index (χ0n) is 10.9. The molecule has 0 radical (unpaired) electrons. The Labute approximate surface area is 117 Å². The molecule has 1 atom stereocenters. The summed E-state index contributed by atoms with van der Waals surface area (Å²) in [5.74, 6) is -0.486. The highest BCUT2D eigenvalue weighted by Gasteiger charge is 2.27. The van der Waals surface area contributed by atoms with Gasteiger partial charge >= 0.3 is 0 Å². The van der Waals surface area contributed by atoms with Gasteiger partial charge in [-0.2, -0.15) is 0 Å². The normalized spacial score (nSPS) is 18.4. The molecule has 1 saturated heterocycles. The maximum atomic E-state index is 13.8. The number of amides is 1. The fraction of sp³-hybridized carbons (Fsp3) is 0.500. The van der Waals surface area contributed by atoms with Gasteiger partial charge in [0, 0.05) is 19.1 Å². The van der Waals surface area contributed by atoms with E-state index in [4.69, 9.17) is 17.3 Å². The van der Waals surface area contributed by atoms with E-state index >= 15 is 0 Å². The largest absolute Gasteiger partial charge is 0.339 e. The summed E-state index contributed by atoms with van der Waals surface area (Å²) in [7, 11) is 0. The molecule has 2 rings (SSSR count). The number of nitrogens with two attached hydrogens (primary N) is 1. The lowest BCUT2D eigenvalue weighted by Gasteiger charge is -2.33. The standard InChI is InChI=1S/C14H18ClFN2O/c1-9(17)10-5-7-18(8-6-10)14(19)11-3-2-4-12(15)13(11)16/h2-4,9-10H,5-8,17H2,1H3. The molecule has 19 heavy (non-hydrogen) atoms. The Hall–Kier alpha value is -1.13. The second-order valence-corrected chi connectivity index (χ2v) is 5.50. The molecule has 1 aliphatic heterocycles. The van der Waals surface area contributed by atoms with Crippen LogP contribution in [0.3, 0.4) is 0 Å². The van der Waals surface area contributed by atoms with Gasteiger partial charge in [-0.3, -0.25) is 4.79 Å². The van der Waals surface area contributed by atoms with Crippen molar-refractivity contribution in [1.82, 2.24) is 4.90 Å². The summed E-state index contributed by atoms with van der Waals surface area (Å²) in [6.07, 6.45) is 1.73. The van der Waals surface area contributed by atoms with Crippen LogP contribution in [0.25, 0.3) is 0 Å². The number of piperidine rings is 1. The number of rotatable bonds is 2. The van der Waals surface area contributed by atoms with E-state index in [0.29, 0.717) is 19.0 Å². The third kappa shape index (κ3) is 3.07. The maximum absolute atomic E-state index is 13.8. The molecule has 1 aromatic carbocycles. The Morgan fingerprint density at radius 2 is 2.11 bits per heavy atom. The van der Waals surface area contributed by atoms with Crippen LogP contribution >= 0.6 is 11.6 Å². The van der Waals surface area contributed by atoms with E-state index in [0.717, 1.165) is 12.8 Å². The molecule has 1 amide bonds. The molecule has 5 heteroatoms. The van der Waals surface area contributed by atoms with Gasteiger partial charge in [0.2, 0.25) is 0 Å². The Bertz CT molecular complexity index is 471. The number of carbonyl (C=O) groups is 1. The molecular weight excluding hydrogens is 267 g/mol. The first kappa shape index (κ1) is 14.3. The lowest BCUT2D eigenvalue weighted by atomic mass is 9.90. The van der Waals surface area contributed by atoms with Gasteiger partial charge in [-0.05, 0) is 37.8 Å². The second kappa shape index (κ2) is 5.88. The molecule has 1 unspecified atom stereocenters. The third-order valence-electron chi connectivity index (χ3n) is 3.75. The number of halogens is 2. The van der Waals surface area contributed by atoms with Crippen molar-refractivity contribution < 1.29 is 9.18 Å². The van der Waals surface area contributed by atoms with Crippen LogP contribution in [0.1, 0.15) is 30.1 Å². The number of hydrogen-bond acceptors (Lipinski definition) is 2. The fourth-order valence-corrected chi connectivity index (χ4v) is 2.64. The van der Waals surface area contributed by atoms with Crippen molar-refractivity contribution in [2.45, 2.75) is 25.8 Å². The molecule has 0 spiro atoms. The van der Waals surface area contributed by atoms with E-state index in [-0.39, 0.29) is 22.5 Å². The van der Waals surface area contributed by atoms with Gasteiger partial charge in [0.1, 0.15) is 0 Å². The average molecular weight is 285 g/mol. The van der Waals surface area contributed by atoms with Crippen LogP contribution < -0.4 is 5.73 Å². The predicted octanol–water partition coefficient (Wildman–Crippen LogP) is 2.68. The molecular formula is C14H18ClFN2O. The van der Waals surface area contributed by atoms with E-state index in [1.807, 2.05) is 6.92 Å². The van der Waals surface area contributed by atoms with E-state index in [1.165, 1.54) is 12.1 Å². The minimum Gasteiger partial charge on any atom is -0.339 e. The predicted molar refractivity (Wildman–Crippen MR) is 73.7 cm³/mol. The van der Waals surface area contributed by atoms with E-state index in [9.17, 15) is 9.18 Å². The Morgan fingerprint density at radius 3 is 2.68 bits per heavy atom. The van der Waals surface area contributed by atoms with Gasteiger partial charge in [0.15, 0.2) is 5.82 Å². The maximum Gasteiger partial charge on any atom is 0.256 e. The van der Waals surface area contributed by atoms with Gasteiger partial charge in [-0.25, -0.2) is 4.39 Å². The SMILES string of the molecule is CC(N)C1CCN(C(=O)c2cccc(Cl)c2F)CC1. The lowest BCUT2D eigenvalue weighted by molar-refractivity contribution is 0.0676. The summed E-state index contributed by atoms with van der Waals surface area (Å²) in [5.41, 5.74) is 5.91. The molecule has 3 nitrogen and oxygen atoms in total. The molecule has 104 valence electrons. The van der Waals surface area contributed by atoms with E-state index in [1.54, 1.807) is 11.0 Å². The highest BCUT2D eigenvalue weighted by molar-refractivity contribution is 6.31. The van der Waals surface area contributed by atoms with Crippen molar-refractivity contribution >= 4 is 17.5 Å². The molecule has 0 bridgehead atoms. The van der Waals surface area contributed by atoms with E-state index in [2.05, 4.69) is 0 Å². The fourth-order valence-electron chi connectivity index (χ4n) is 2.47. The van der Waals surface area contributed by atoms with Gasteiger partial charge in [0.25, 0.3) is 5.91 Å². The number of nitrogens with zero attached hydrogens (tertiary/aromatic N) is 1. The number of likely N-dealkylation sites (tertiary alicyclic amines) is 1. The number of benzene rings is 1. The van der Waals surface area contributed by atoms with Crippen molar-refractivity contribution in [1.29, 1.82) is 0 Å². The molecule has 1 fully saturated rings. The summed E-state index contributed by atoms with van der Waals surface area (Å²) in [4.78, 5) is 13.9.